The molecule has 1 atom stereocenters. The van der Waals surface area contributed by atoms with Crippen LogP contribution in [0, 0.1) is 12.7 Å². The Kier molecular flexibility index (Phi) is 4.00. The Labute approximate surface area is 111 Å². The standard InChI is InChI=1S/C15H14ClFO/c1-10-5-6-13(14(17)7-10)15(18)9-11-3-2-4-12(16)8-11/h2-8,15,18H,9H2,1H3. The second-order valence-electron chi connectivity index (χ2n) is 4.37. The van der Waals surface area contributed by atoms with Crippen molar-refractivity contribution in [2.24, 2.45) is 0 Å². The molecule has 2 aromatic rings. The molecule has 1 unspecified atom stereocenters. The lowest BCUT2D eigenvalue weighted by Gasteiger charge is -2.12. The molecule has 0 saturated carbocycles. The number of hydrogen-bond donors (Lipinski definition) is 1. The van der Waals surface area contributed by atoms with Crippen molar-refractivity contribution >= 4 is 11.6 Å². The molecule has 0 aliphatic heterocycles. The van der Waals surface area contributed by atoms with E-state index in [9.17, 15) is 9.50 Å². The lowest BCUT2D eigenvalue weighted by atomic mass is 10.00. The molecular formula is C15H14ClFO. The van der Waals surface area contributed by atoms with Crippen molar-refractivity contribution < 1.29 is 9.50 Å². The molecule has 0 saturated heterocycles. The minimum atomic E-state index is -0.857. The Morgan fingerprint density at radius 1 is 1.22 bits per heavy atom. The van der Waals surface area contributed by atoms with E-state index in [2.05, 4.69) is 0 Å². The quantitative estimate of drug-likeness (QED) is 0.886. The third-order valence-corrected chi connectivity index (χ3v) is 3.07. The molecule has 2 aromatic carbocycles. The van der Waals surface area contributed by atoms with Gasteiger partial charge in [-0.1, -0.05) is 35.9 Å². The third kappa shape index (κ3) is 3.09. The van der Waals surface area contributed by atoms with Gasteiger partial charge in [0.2, 0.25) is 0 Å². The summed E-state index contributed by atoms with van der Waals surface area (Å²) in [5, 5.41) is 10.7. The molecule has 2 rings (SSSR count). The first-order chi connectivity index (χ1) is 8.56. The number of rotatable bonds is 3. The molecule has 18 heavy (non-hydrogen) atoms. The predicted octanol–water partition coefficient (Wildman–Crippen LogP) is 4.06. The highest BCUT2D eigenvalue weighted by molar-refractivity contribution is 6.30. The van der Waals surface area contributed by atoms with Crippen molar-refractivity contribution in [1.29, 1.82) is 0 Å². The third-order valence-electron chi connectivity index (χ3n) is 2.83. The van der Waals surface area contributed by atoms with Crippen molar-refractivity contribution in [2.75, 3.05) is 0 Å². The van der Waals surface area contributed by atoms with Crippen LogP contribution in [0.5, 0.6) is 0 Å². The summed E-state index contributed by atoms with van der Waals surface area (Å²) in [5.74, 6) is -0.371. The normalized spacial score (nSPS) is 12.4. The van der Waals surface area contributed by atoms with Gasteiger partial charge in [0, 0.05) is 17.0 Å². The number of aliphatic hydroxyl groups is 1. The molecule has 0 amide bonds. The monoisotopic (exact) mass is 264 g/mol. The summed E-state index contributed by atoms with van der Waals surface area (Å²) in [6.45, 7) is 1.82. The van der Waals surface area contributed by atoms with Crippen LogP contribution in [0.4, 0.5) is 4.39 Å². The van der Waals surface area contributed by atoms with Gasteiger partial charge in [0.1, 0.15) is 5.82 Å². The first kappa shape index (κ1) is 13.1. The lowest BCUT2D eigenvalue weighted by molar-refractivity contribution is 0.173. The highest BCUT2D eigenvalue weighted by Gasteiger charge is 2.13. The summed E-state index contributed by atoms with van der Waals surface area (Å²) in [7, 11) is 0. The zero-order chi connectivity index (χ0) is 13.1. The summed E-state index contributed by atoms with van der Waals surface area (Å²) >= 11 is 5.87. The van der Waals surface area contributed by atoms with E-state index >= 15 is 0 Å². The summed E-state index contributed by atoms with van der Waals surface area (Å²) in [4.78, 5) is 0. The van der Waals surface area contributed by atoms with Gasteiger partial charge in [-0.25, -0.2) is 4.39 Å². The maximum Gasteiger partial charge on any atom is 0.129 e. The first-order valence-corrected chi connectivity index (χ1v) is 6.12. The Bertz CT molecular complexity index is 554. The molecule has 0 radical (unpaired) electrons. The Balaban J connectivity index is 2.19. The first-order valence-electron chi connectivity index (χ1n) is 5.75. The SMILES string of the molecule is Cc1ccc(C(O)Cc2cccc(Cl)c2)c(F)c1. The smallest absolute Gasteiger partial charge is 0.129 e. The average Bonchev–Trinajstić information content (AvgIpc) is 2.28. The molecule has 0 fully saturated rings. The van der Waals surface area contributed by atoms with Gasteiger partial charge in [0.05, 0.1) is 6.10 Å². The fourth-order valence-corrected chi connectivity index (χ4v) is 2.11. The minimum Gasteiger partial charge on any atom is -0.388 e. The molecule has 0 spiro atoms. The van der Waals surface area contributed by atoms with Crippen LogP contribution in [-0.2, 0) is 6.42 Å². The average molecular weight is 265 g/mol. The number of aryl methyl sites for hydroxylation is 1. The highest BCUT2D eigenvalue weighted by atomic mass is 35.5. The summed E-state index contributed by atoms with van der Waals surface area (Å²) in [6, 6.07) is 12.1. The van der Waals surface area contributed by atoms with Gasteiger partial charge >= 0.3 is 0 Å². The van der Waals surface area contributed by atoms with Gasteiger partial charge in [-0.05, 0) is 36.2 Å². The van der Waals surface area contributed by atoms with Gasteiger partial charge in [-0.2, -0.15) is 0 Å². The van der Waals surface area contributed by atoms with Crippen molar-refractivity contribution in [1.82, 2.24) is 0 Å². The molecule has 1 N–H and O–H groups in total. The molecular weight excluding hydrogens is 251 g/mol. The molecule has 94 valence electrons. The summed E-state index contributed by atoms with van der Waals surface area (Å²) < 4.78 is 13.7. The molecule has 3 heteroatoms. The number of benzene rings is 2. The topological polar surface area (TPSA) is 20.2 Å². The fourth-order valence-electron chi connectivity index (χ4n) is 1.90. The van der Waals surface area contributed by atoms with E-state index in [1.165, 1.54) is 6.07 Å². The van der Waals surface area contributed by atoms with Crippen molar-refractivity contribution in [3.05, 3.63) is 70.0 Å². The molecule has 0 aliphatic rings. The van der Waals surface area contributed by atoms with Crippen LogP contribution in [-0.4, -0.2) is 5.11 Å². The minimum absolute atomic E-state index is 0.320. The van der Waals surface area contributed by atoms with E-state index in [1.54, 1.807) is 24.3 Å². The van der Waals surface area contributed by atoms with Crippen molar-refractivity contribution in [3.63, 3.8) is 0 Å². The zero-order valence-electron chi connectivity index (χ0n) is 10.0. The van der Waals surface area contributed by atoms with Gasteiger partial charge < -0.3 is 5.11 Å². The van der Waals surface area contributed by atoms with Crippen LogP contribution < -0.4 is 0 Å². The molecule has 0 heterocycles. The Morgan fingerprint density at radius 3 is 2.67 bits per heavy atom. The number of aliphatic hydroxyl groups excluding tert-OH is 1. The van der Waals surface area contributed by atoms with Gasteiger partial charge in [-0.3, -0.25) is 0 Å². The molecule has 0 bridgehead atoms. The van der Waals surface area contributed by atoms with E-state index in [4.69, 9.17) is 11.6 Å². The van der Waals surface area contributed by atoms with Crippen LogP contribution in [0.15, 0.2) is 42.5 Å². The second kappa shape index (κ2) is 5.51. The van der Waals surface area contributed by atoms with E-state index in [1.807, 2.05) is 19.1 Å². The van der Waals surface area contributed by atoms with Crippen LogP contribution in [0.2, 0.25) is 5.02 Å². The van der Waals surface area contributed by atoms with Crippen LogP contribution in [0.25, 0.3) is 0 Å². The molecule has 0 aromatic heterocycles. The second-order valence-corrected chi connectivity index (χ2v) is 4.81. The largest absolute Gasteiger partial charge is 0.388 e. The van der Waals surface area contributed by atoms with E-state index < -0.39 is 6.10 Å². The van der Waals surface area contributed by atoms with E-state index in [0.717, 1.165) is 11.1 Å². The highest BCUT2D eigenvalue weighted by Crippen LogP contribution is 2.23. The van der Waals surface area contributed by atoms with Gasteiger partial charge in [-0.15, -0.1) is 0 Å². The van der Waals surface area contributed by atoms with Gasteiger partial charge in [0.15, 0.2) is 0 Å². The van der Waals surface area contributed by atoms with Crippen molar-refractivity contribution in [3.8, 4) is 0 Å². The number of hydrogen-bond acceptors (Lipinski definition) is 1. The van der Waals surface area contributed by atoms with Gasteiger partial charge in [0.25, 0.3) is 0 Å². The van der Waals surface area contributed by atoms with Crippen LogP contribution >= 0.6 is 11.6 Å². The van der Waals surface area contributed by atoms with Crippen LogP contribution in [0.1, 0.15) is 22.8 Å². The summed E-state index contributed by atoms with van der Waals surface area (Å²) in [5.41, 5.74) is 2.04. The lowest BCUT2D eigenvalue weighted by Crippen LogP contribution is -2.04. The predicted molar refractivity (Wildman–Crippen MR) is 71.3 cm³/mol. The van der Waals surface area contributed by atoms with E-state index in [-0.39, 0.29) is 5.82 Å². The molecule has 0 aliphatic carbocycles. The maximum absolute atomic E-state index is 13.7. The Hall–Kier alpha value is -1.38. The Morgan fingerprint density at radius 2 is 2.00 bits per heavy atom. The van der Waals surface area contributed by atoms with E-state index in [0.29, 0.717) is 17.0 Å². The maximum atomic E-state index is 13.7. The zero-order valence-corrected chi connectivity index (χ0v) is 10.8. The molecule has 1 nitrogen and oxygen atoms in total. The van der Waals surface area contributed by atoms with Crippen LogP contribution in [0.3, 0.4) is 0 Å². The van der Waals surface area contributed by atoms with Crippen molar-refractivity contribution in [2.45, 2.75) is 19.4 Å². The number of halogens is 2. The summed E-state index contributed by atoms with van der Waals surface area (Å²) in [6.07, 6.45) is -0.510. The fraction of sp³-hybridized carbons (Fsp3) is 0.200.